The molecule has 8 nitrogen and oxygen atoms in total. The molecule has 0 spiro atoms. The zero-order valence-corrected chi connectivity index (χ0v) is 21.0. The Labute approximate surface area is 223 Å². The molecule has 0 atom stereocenters. The SMILES string of the molecule is CN(C(=O)C(c1ccccc1)c1ccccc1)c1cnc(N2CCOc3ccc(F)cc3C2=O)cc1C(=O)O. The fourth-order valence-corrected chi connectivity index (χ4v) is 4.61. The number of pyridine rings is 1. The molecule has 39 heavy (non-hydrogen) atoms. The third kappa shape index (κ3) is 5.06. The Bertz CT molecular complexity index is 1510. The Hall–Kier alpha value is -5.05. The lowest BCUT2D eigenvalue weighted by Crippen LogP contribution is -2.35. The number of likely N-dealkylation sites (N-methyl/N-ethyl adjacent to an activating group) is 1. The van der Waals surface area contributed by atoms with Crippen LogP contribution in [0, 0.1) is 5.82 Å². The maximum atomic E-state index is 13.9. The predicted octanol–water partition coefficient (Wildman–Crippen LogP) is 4.75. The van der Waals surface area contributed by atoms with Crippen molar-refractivity contribution in [3.05, 3.63) is 119 Å². The summed E-state index contributed by atoms with van der Waals surface area (Å²) in [7, 11) is 1.49. The fraction of sp³-hybridized carbons (Fsp3) is 0.133. The van der Waals surface area contributed by atoms with Crippen molar-refractivity contribution in [2.45, 2.75) is 5.92 Å². The highest BCUT2D eigenvalue weighted by atomic mass is 19.1. The number of carboxylic acid groups (broad SMARTS) is 1. The molecule has 0 saturated heterocycles. The van der Waals surface area contributed by atoms with Crippen LogP contribution in [0.4, 0.5) is 15.9 Å². The van der Waals surface area contributed by atoms with Crippen LogP contribution in [0.1, 0.15) is 37.8 Å². The van der Waals surface area contributed by atoms with E-state index in [2.05, 4.69) is 4.98 Å². The highest BCUT2D eigenvalue weighted by molar-refractivity contribution is 6.09. The Kier molecular flexibility index (Phi) is 7.05. The summed E-state index contributed by atoms with van der Waals surface area (Å²) in [6, 6.07) is 23.3. The molecule has 196 valence electrons. The zero-order chi connectivity index (χ0) is 27.5. The predicted molar refractivity (Wildman–Crippen MR) is 143 cm³/mol. The normalized spacial score (nSPS) is 12.9. The van der Waals surface area contributed by atoms with E-state index in [0.29, 0.717) is 0 Å². The summed E-state index contributed by atoms with van der Waals surface area (Å²) in [5.41, 5.74) is 1.37. The molecular weight excluding hydrogens is 501 g/mol. The first kappa shape index (κ1) is 25.6. The first-order valence-electron chi connectivity index (χ1n) is 12.2. The van der Waals surface area contributed by atoms with Gasteiger partial charge in [0.05, 0.1) is 35.5 Å². The van der Waals surface area contributed by atoms with Gasteiger partial charge in [-0.05, 0) is 35.4 Å². The molecule has 0 radical (unpaired) electrons. The van der Waals surface area contributed by atoms with E-state index >= 15 is 0 Å². The first-order valence-corrected chi connectivity index (χ1v) is 12.2. The van der Waals surface area contributed by atoms with E-state index in [4.69, 9.17) is 4.74 Å². The molecule has 0 saturated carbocycles. The number of fused-ring (bicyclic) bond motifs is 1. The number of anilines is 2. The summed E-state index contributed by atoms with van der Waals surface area (Å²) in [6.07, 6.45) is 1.26. The van der Waals surface area contributed by atoms with Crippen molar-refractivity contribution >= 4 is 29.3 Å². The second kappa shape index (κ2) is 10.7. The van der Waals surface area contributed by atoms with Crippen LogP contribution in [-0.2, 0) is 4.79 Å². The minimum atomic E-state index is -1.30. The minimum absolute atomic E-state index is 0.0103. The van der Waals surface area contributed by atoms with Gasteiger partial charge in [-0.2, -0.15) is 0 Å². The second-order valence-electron chi connectivity index (χ2n) is 8.96. The molecule has 2 amide bonds. The summed E-state index contributed by atoms with van der Waals surface area (Å²) in [5.74, 6) is -3.23. The average molecular weight is 526 g/mol. The van der Waals surface area contributed by atoms with Gasteiger partial charge < -0.3 is 14.7 Å². The quantitative estimate of drug-likeness (QED) is 0.390. The maximum Gasteiger partial charge on any atom is 0.338 e. The Balaban J connectivity index is 1.52. The van der Waals surface area contributed by atoms with E-state index in [0.717, 1.165) is 17.2 Å². The molecule has 9 heteroatoms. The van der Waals surface area contributed by atoms with E-state index in [1.807, 2.05) is 60.7 Å². The lowest BCUT2D eigenvalue weighted by atomic mass is 9.90. The summed E-state index contributed by atoms with van der Waals surface area (Å²) >= 11 is 0. The summed E-state index contributed by atoms with van der Waals surface area (Å²) in [5, 5.41) is 10.1. The molecule has 0 bridgehead atoms. The molecule has 1 aliphatic heterocycles. The van der Waals surface area contributed by atoms with Crippen molar-refractivity contribution in [2.24, 2.45) is 0 Å². The van der Waals surface area contributed by atoms with E-state index in [-0.39, 0.29) is 47.4 Å². The van der Waals surface area contributed by atoms with Crippen molar-refractivity contribution in [1.29, 1.82) is 0 Å². The van der Waals surface area contributed by atoms with Crippen molar-refractivity contribution in [3.8, 4) is 5.75 Å². The largest absolute Gasteiger partial charge is 0.491 e. The number of nitrogens with zero attached hydrogens (tertiary/aromatic N) is 3. The number of aromatic carboxylic acids is 1. The highest BCUT2D eigenvalue weighted by Gasteiger charge is 2.31. The van der Waals surface area contributed by atoms with E-state index in [1.54, 1.807) is 0 Å². The Morgan fingerprint density at radius 2 is 1.64 bits per heavy atom. The van der Waals surface area contributed by atoms with Crippen LogP contribution in [-0.4, -0.2) is 48.1 Å². The molecule has 0 aliphatic carbocycles. The topological polar surface area (TPSA) is 100 Å². The van der Waals surface area contributed by atoms with Crippen molar-refractivity contribution in [1.82, 2.24) is 4.98 Å². The van der Waals surface area contributed by atoms with Gasteiger partial charge in [-0.25, -0.2) is 14.2 Å². The van der Waals surface area contributed by atoms with Crippen LogP contribution in [0.3, 0.4) is 0 Å². The lowest BCUT2D eigenvalue weighted by Gasteiger charge is -2.26. The van der Waals surface area contributed by atoms with Crippen molar-refractivity contribution in [3.63, 3.8) is 0 Å². The number of hydrogen-bond donors (Lipinski definition) is 1. The van der Waals surface area contributed by atoms with Gasteiger partial charge in [0.1, 0.15) is 24.0 Å². The number of benzene rings is 3. The van der Waals surface area contributed by atoms with Crippen LogP contribution in [0.15, 0.2) is 91.1 Å². The van der Waals surface area contributed by atoms with E-state index in [9.17, 15) is 23.9 Å². The van der Waals surface area contributed by atoms with Gasteiger partial charge in [0.25, 0.3) is 5.91 Å². The third-order valence-electron chi connectivity index (χ3n) is 6.57. The molecule has 4 aromatic rings. The summed E-state index contributed by atoms with van der Waals surface area (Å²) < 4.78 is 19.5. The molecular formula is C30H24FN3O5. The lowest BCUT2D eigenvalue weighted by molar-refractivity contribution is -0.118. The number of halogens is 1. The van der Waals surface area contributed by atoms with Crippen LogP contribution < -0.4 is 14.5 Å². The summed E-state index contributed by atoms with van der Waals surface area (Å²) in [4.78, 5) is 46.3. The molecule has 1 N–H and O–H groups in total. The van der Waals surface area contributed by atoms with Gasteiger partial charge in [0.2, 0.25) is 5.91 Å². The molecule has 0 fully saturated rings. The first-order chi connectivity index (χ1) is 18.8. The van der Waals surface area contributed by atoms with Crippen molar-refractivity contribution in [2.75, 3.05) is 30.0 Å². The molecule has 3 aromatic carbocycles. The smallest absolute Gasteiger partial charge is 0.338 e. The Morgan fingerprint density at radius 1 is 1.00 bits per heavy atom. The van der Waals surface area contributed by atoms with Gasteiger partial charge >= 0.3 is 5.97 Å². The van der Waals surface area contributed by atoms with Gasteiger partial charge in [0, 0.05) is 7.05 Å². The minimum Gasteiger partial charge on any atom is -0.491 e. The van der Waals surface area contributed by atoms with Crippen LogP contribution in [0.2, 0.25) is 0 Å². The number of carbonyl (C=O) groups excluding carboxylic acids is 2. The summed E-state index contributed by atoms with van der Waals surface area (Å²) in [6.45, 7) is 0.170. The third-order valence-corrected chi connectivity index (χ3v) is 6.57. The van der Waals surface area contributed by atoms with Crippen LogP contribution in [0.5, 0.6) is 5.75 Å². The van der Waals surface area contributed by atoms with Gasteiger partial charge in [-0.15, -0.1) is 0 Å². The number of hydrogen-bond acceptors (Lipinski definition) is 5. The monoisotopic (exact) mass is 525 g/mol. The number of carboxylic acids is 1. The van der Waals surface area contributed by atoms with Gasteiger partial charge in [0.15, 0.2) is 0 Å². The zero-order valence-electron chi connectivity index (χ0n) is 21.0. The highest BCUT2D eigenvalue weighted by Crippen LogP contribution is 2.32. The van der Waals surface area contributed by atoms with E-state index in [1.165, 1.54) is 41.2 Å². The van der Waals surface area contributed by atoms with Crippen molar-refractivity contribution < 1.29 is 28.6 Å². The molecule has 2 heterocycles. The fourth-order valence-electron chi connectivity index (χ4n) is 4.61. The van der Waals surface area contributed by atoms with E-state index < -0.39 is 23.6 Å². The molecule has 5 rings (SSSR count). The van der Waals surface area contributed by atoms with Gasteiger partial charge in [-0.3, -0.25) is 14.5 Å². The second-order valence-corrected chi connectivity index (χ2v) is 8.96. The number of rotatable bonds is 6. The number of aromatic nitrogens is 1. The Morgan fingerprint density at radius 3 is 2.26 bits per heavy atom. The van der Waals surface area contributed by atoms with Crippen LogP contribution >= 0.6 is 0 Å². The number of ether oxygens (including phenoxy) is 1. The molecule has 1 aliphatic rings. The molecule has 1 aromatic heterocycles. The average Bonchev–Trinajstić information content (AvgIpc) is 3.12. The number of amides is 2. The van der Waals surface area contributed by atoms with Gasteiger partial charge in [-0.1, -0.05) is 60.7 Å². The number of carbonyl (C=O) groups is 3. The van der Waals surface area contributed by atoms with Crippen LogP contribution in [0.25, 0.3) is 0 Å². The maximum absolute atomic E-state index is 13.9. The molecule has 0 unspecified atom stereocenters. The standard InChI is InChI=1S/C30H24FN3O5/c1-33(29(36)27(19-8-4-2-5-9-19)20-10-6-3-7-11-20)24-18-32-26(17-22(24)30(37)38)34-14-15-39-25-13-12-21(31)16-23(25)28(34)35/h2-13,16-18,27H,14-15H2,1H3,(H,37,38).